The molecule has 1 aliphatic rings. The molecule has 0 nitrogen and oxygen atoms in total. The smallest absolute Gasteiger partial charge is 0.207 e. The van der Waals surface area contributed by atoms with E-state index in [0.29, 0.717) is 12.8 Å². The van der Waals surface area contributed by atoms with Crippen LogP contribution in [0.15, 0.2) is 0 Å². The molecular formula is C5H7F2. The van der Waals surface area contributed by atoms with E-state index in [1.165, 1.54) is 0 Å². The summed E-state index contributed by atoms with van der Waals surface area (Å²) in [5, 5.41) is 0. The Morgan fingerprint density at radius 3 is 2.29 bits per heavy atom. The molecule has 0 aromatic heterocycles. The van der Waals surface area contributed by atoms with Gasteiger partial charge in [0.15, 0.2) is 0 Å². The highest BCUT2D eigenvalue weighted by molar-refractivity contribution is 4.90. The fourth-order valence-corrected chi connectivity index (χ4v) is 0.753. The molecule has 2 heteroatoms. The summed E-state index contributed by atoms with van der Waals surface area (Å²) in [6.45, 7) is 0. The van der Waals surface area contributed by atoms with E-state index in [-0.39, 0.29) is 6.42 Å². The average Bonchev–Trinajstić information content (AvgIpc) is 1.84. The summed E-state index contributed by atoms with van der Waals surface area (Å²) in [6.07, 6.45) is 2.40. The van der Waals surface area contributed by atoms with Gasteiger partial charge in [0.2, 0.25) is 0 Å². The van der Waals surface area contributed by atoms with Crippen molar-refractivity contribution in [2.24, 2.45) is 0 Å². The molecule has 1 radical (unpaired) electrons. The van der Waals surface area contributed by atoms with Crippen LogP contribution in [0.2, 0.25) is 0 Å². The summed E-state index contributed by atoms with van der Waals surface area (Å²) < 4.78 is 23.8. The minimum Gasteiger partial charge on any atom is -0.207 e. The van der Waals surface area contributed by atoms with Gasteiger partial charge in [-0.2, -0.15) is 0 Å². The first-order valence-electron chi connectivity index (χ1n) is 2.43. The minimum absolute atomic E-state index is 0.0625. The normalized spacial score (nSPS) is 28.3. The lowest BCUT2D eigenvalue weighted by Crippen LogP contribution is -2.07. The first-order valence-corrected chi connectivity index (χ1v) is 2.43. The maximum absolute atomic E-state index is 11.9. The monoisotopic (exact) mass is 105 g/mol. The van der Waals surface area contributed by atoms with E-state index in [2.05, 4.69) is 0 Å². The third-order valence-electron chi connectivity index (χ3n) is 1.16. The van der Waals surface area contributed by atoms with Gasteiger partial charge in [0.05, 0.1) is 0 Å². The molecule has 1 aliphatic carbocycles. The predicted molar refractivity (Wildman–Crippen MR) is 23.1 cm³/mol. The van der Waals surface area contributed by atoms with E-state index >= 15 is 0 Å². The van der Waals surface area contributed by atoms with Crippen molar-refractivity contribution in [3.8, 4) is 0 Å². The van der Waals surface area contributed by atoms with Crippen molar-refractivity contribution in [2.75, 3.05) is 0 Å². The Kier molecular flexibility index (Phi) is 1.02. The average molecular weight is 105 g/mol. The van der Waals surface area contributed by atoms with Gasteiger partial charge in [-0.3, -0.25) is 0 Å². The van der Waals surface area contributed by atoms with Crippen molar-refractivity contribution in [3.05, 3.63) is 6.42 Å². The van der Waals surface area contributed by atoms with E-state index in [4.69, 9.17) is 0 Å². The van der Waals surface area contributed by atoms with Gasteiger partial charge in [-0.1, -0.05) is 0 Å². The van der Waals surface area contributed by atoms with Gasteiger partial charge < -0.3 is 0 Å². The molecule has 0 aromatic carbocycles. The Morgan fingerprint density at radius 1 is 1.43 bits per heavy atom. The zero-order valence-electron chi connectivity index (χ0n) is 3.95. The lowest BCUT2D eigenvalue weighted by molar-refractivity contribution is 0.0453. The second-order valence-corrected chi connectivity index (χ2v) is 1.86. The Bertz CT molecular complexity index is 60.5. The van der Waals surface area contributed by atoms with E-state index in [9.17, 15) is 8.78 Å². The van der Waals surface area contributed by atoms with Crippen molar-refractivity contribution >= 4 is 0 Å². The molecule has 0 heterocycles. The summed E-state index contributed by atoms with van der Waals surface area (Å²) in [7, 11) is 0. The van der Waals surface area contributed by atoms with Crippen LogP contribution in [-0.4, -0.2) is 5.92 Å². The molecule has 1 fully saturated rings. The van der Waals surface area contributed by atoms with Gasteiger partial charge in [-0.05, 0) is 12.8 Å². The summed E-state index contributed by atoms with van der Waals surface area (Å²) in [6, 6.07) is 0. The summed E-state index contributed by atoms with van der Waals surface area (Å²) in [4.78, 5) is 0. The van der Waals surface area contributed by atoms with Crippen molar-refractivity contribution in [1.82, 2.24) is 0 Å². The maximum Gasteiger partial charge on any atom is 0.251 e. The Labute approximate surface area is 41.5 Å². The summed E-state index contributed by atoms with van der Waals surface area (Å²) in [5.74, 6) is -2.43. The number of rotatable bonds is 0. The van der Waals surface area contributed by atoms with Crippen LogP contribution in [0.1, 0.15) is 19.3 Å². The van der Waals surface area contributed by atoms with E-state index in [0.717, 1.165) is 6.42 Å². The largest absolute Gasteiger partial charge is 0.251 e. The highest BCUT2D eigenvalue weighted by atomic mass is 19.3. The lowest BCUT2D eigenvalue weighted by Gasteiger charge is -2.02. The SMILES string of the molecule is FC1(F)[CH]CCC1. The van der Waals surface area contributed by atoms with E-state index in [1.807, 2.05) is 0 Å². The van der Waals surface area contributed by atoms with Crippen LogP contribution in [0.25, 0.3) is 0 Å². The van der Waals surface area contributed by atoms with Crippen LogP contribution in [-0.2, 0) is 0 Å². The topological polar surface area (TPSA) is 0 Å². The standard InChI is InChI=1S/C5H7F2/c6-5(7)3-1-2-4-5/h3H,1-2,4H2. The predicted octanol–water partition coefficient (Wildman–Crippen LogP) is 2.01. The van der Waals surface area contributed by atoms with Crippen LogP contribution < -0.4 is 0 Å². The fraction of sp³-hybridized carbons (Fsp3) is 0.800. The Morgan fingerprint density at radius 2 is 2.14 bits per heavy atom. The van der Waals surface area contributed by atoms with Crippen LogP contribution in [0, 0.1) is 6.42 Å². The first kappa shape index (κ1) is 5.01. The zero-order chi connectivity index (χ0) is 5.33. The molecular weight excluding hydrogens is 98.1 g/mol. The van der Waals surface area contributed by atoms with E-state index < -0.39 is 5.92 Å². The molecule has 0 amide bonds. The Hall–Kier alpha value is -0.140. The molecule has 0 N–H and O–H groups in total. The zero-order valence-corrected chi connectivity index (χ0v) is 3.95. The lowest BCUT2D eigenvalue weighted by atomic mass is 10.3. The van der Waals surface area contributed by atoms with Crippen LogP contribution in [0.4, 0.5) is 8.78 Å². The number of hydrogen-bond acceptors (Lipinski definition) is 0. The van der Waals surface area contributed by atoms with Gasteiger partial charge >= 0.3 is 0 Å². The highest BCUT2D eigenvalue weighted by Gasteiger charge is 2.32. The van der Waals surface area contributed by atoms with E-state index in [1.54, 1.807) is 0 Å². The number of hydrogen-bond donors (Lipinski definition) is 0. The first-order chi connectivity index (χ1) is 3.21. The third kappa shape index (κ3) is 1.11. The van der Waals surface area contributed by atoms with Gasteiger partial charge in [0, 0.05) is 12.8 Å². The van der Waals surface area contributed by atoms with Crippen LogP contribution in [0.5, 0.6) is 0 Å². The quantitative estimate of drug-likeness (QED) is 0.442. The second-order valence-electron chi connectivity index (χ2n) is 1.86. The molecule has 0 saturated heterocycles. The molecule has 1 rings (SSSR count). The third-order valence-corrected chi connectivity index (χ3v) is 1.16. The van der Waals surface area contributed by atoms with Crippen molar-refractivity contribution in [1.29, 1.82) is 0 Å². The van der Waals surface area contributed by atoms with Gasteiger partial charge in [0.1, 0.15) is 0 Å². The second kappa shape index (κ2) is 1.42. The number of alkyl halides is 2. The molecule has 0 aliphatic heterocycles. The molecule has 0 unspecified atom stereocenters. The minimum atomic E-state index is -2.43. The summed E-state index contributed by atoms with van der Waals surface area (Å²) >= 11 is 0. The molecule has 1 saturated carbocycles. The molecule has 0 aromatic rings. The summed E-state index contributed by atoms with van der Waals surface area (Å²) in [5.41, 5.74) is 0. The molecule has 41 valence electrons. The van der Waals surface area contributed by atoms with Gasteiger partial charge in [-0.15, -0.1) is 0 Å². The fourth-order valence-electron chi connectivity index (χ4n) is 0.753. The maximum atomic E-state index is 11.9. The molecule has 0 bridgehead atoms. The molecule has 0 spiro atoms. The molecule has 0 atom stereocenters. The Balaban J connectivity index is 2.40. The number of halogens is 2. The highest BCUT2D eigenvalue weighted by Crippen LogP contribution is 2.32. The van der Waals surface area contributed by atoms with Crippen LogP contribution in [0.3, 0.4) is 0 Å². The molecule has 7 heavy (non-hydrogen) atoms. The van der Waals surface area contributed by atoms with Crippen LogP contribution >= 0.6 is 0 Å². The van der Waals surface area contributed by atoms with Gasteiger partial charge in [0.25, 0.3) is 5.92 Å². The van der Waals surface area contributed by atoms with Crippen molar-refractivity contribution in [2.45, 2.75) is 25.2 Å². The van der Waals surface area contributed by atoms with Crippen molar-refractivity contribution in [3.63, 3.8) is 0 Å². The van der Waals surface area contributed by atoms with Crippen molar-refractivity contribution < 1.29 is 8.78 Å². The van der Waals surface area contributed by atoms with Gasteiger partial charge in [-0.25, -0.2) is 8.78 Å².